The summed E-state index contributed by atoms with van der Waals surface area (Å²) in [6.45, 7) is 0. The van der Waals surface area contributed by atoms with Crippen LogP contribution in [0.25, 0.3) is 10.9 Å². The molecule has 1 aliphatic rings. The van der Waals surface area contributed by atoms with Crippen molar-refractivity contribution in [2.24, 2.45) is 0 Å². The van der Waals surface area contributed by atoms with Crippen LogP contribution in [0.4, 0.5) is 24.9 Å². The van der Waals surface area contributed by atoms with Crippen molar-refractivity contribution in [2.75, 3.05) is 24.3 Å². The normalized spacial score (nSPS) is 17.4. The lowest BCUT2D eigenvalue weighted by molar-refractivity contribution is -0.274. The van der Waals surface area contributed by atoms with Crippen molar-refractivity contribution in [2.45, 2.75) is 57.0 Å². The summed E-state index contributed by atoms with van der Waals surface area (Å²) < 4.78 is 42.8. The van der Waals surface area contributed by atoms with E-state index in [4.69, 9.17) is 4.98 Å². The van der Waals surface area contributed by atoms with E-state index in [1.807, 2.05) is 43.3 Å². The molecule has 1 amide bonds. The Morgan fingerprint density at radius 1 is 1.08 bits per heavy atom. The number of ether oxygens (including phenoxy) is 1. The maximum atomic E-state index is 12.7. The minimum absolute atomic E-state index is 0. The average molecular weight is 617 g/mol. The molecule has 0 spiro atoms. The van der Waals surface area contributed by atoms with Gasteiger partial charge in [-0.1, -0.05) is 34.1 Å². The topological polar surface area (TPSA) is 79.4 Å². The standard InChI is InChI=1S/C26H29BrF3N5O2.ClH/c1-35(2)24-20-5-3-4-6-21(20)33-25(34-24)32-19-12-10-18(11-13-19)31-23(36)14-8-16-7-9-17(27)15-22(16)37-26(28,29)30;/h3-7,9,15,18-19H,8,10-14H2,1-2H3,(H,31,36)(H,32,33,34);1H. The molecule has 1 heterocycles. The first-order chi connectivity index (χ1) is 17.6. The van der Waals surface area contributed by atoms with Crippen molar-refractivity contribution in [3.05, 3.63) is 52.5 Å². The monoisotopic (exact) mass is 615 g/mol. The van der Waals surface area contributed by atoms with Crippen LogP contribution in [0.15, 0.2) is 46.9 Å². The van der Waals surface area contributed by atoms with Gasteiger partial charge in [0, 0.05) is 42.5 Å². The molecule has 0 aliphatic heterocycles. The molecule has 0 saturated heterocycles. The molecule has 7 nitrogen and oxygen atoms in total. The molecule has 0 radical (unpaired) electrons. The summed E-state index contributed by atoms with van der Waals surface area (Å²) in [6, 6.07) is 12.5. The first kappa shape index (κ1) is 29.8. The van der Waals surface area contributed by atoms with Gasteiger partial charge in [-0.25, -0.2) is 4.98 Å². The molecule has 1 aliphatic carbocycles. The van der Waals surface area contributed by atoms with Gasteiger partial charge in [-0.2, -0.15) is 4.98 Å². The lowest BCUT2D eigenvalue weighted by Gasteiger charge is -2.30. The van der Waals surface area contributed by atoms with Crippen LogP contribution < -0.4 is 20.3 Å². The number of nitrogens with one attached hydrogen (secondary N) is 2. The Kier molecular flexibility index (Phi) is 10.1. The van der Waals surface area contributed by atoms with E-state index in [9.17, 15) is 18.0 Å². The van der Waals surface area contributed by atoms with Crippen LogP contribution in [0.3, 0.4) is 0 Å². The van der Waals surface area contributed by atoms with Crippen LogP contribution in [-0.2, 0) is 11.2 Å². The Bertz CT molecular complexity index is 1250. The van der Waals surface area contributed by atoms with Crippen molar-refractivity contribution in [3.8, 4) is 5.75 Å². The quantitative estimate of drug-likeness (QED) is 0.312. The van der Waals surface area contributed by atoms with E-state index < -0.39 is 6.36 Å². The molecule has 0 bridgehead atoms. The Labute approximate surface area is 234 Å². The summed E-state index contributed by atoms with van der Waals surface area (Å²) in [6.07, 6.45) is -1.31. The Balaban J connectivity index is 0.00000400. The molecule has 38 heavy (non-hydrogen) atoms. The summed E-state index contributed by atoms with van der Waals surface area (Å²) in [5, 5.41) is 7.46. The van der Waals surface area contributed by atoms with Gasteiger partial charge < -0.3 is 20.3 Å². The van der Waals surface area contributed by atoms with Crippen LogP contribution in [0, 0.1) is 0 Å². The van der Waals surface area contributed by atoms with E-state index in [1.165, 1.54) is 12.1 Å². The minimum Gasteiger partial charge on any atom is -0.405 e. The van der Waals surface area contributed by atoms with Gasteiger partial charge in [0.25, 0.3) is 0 Å². The fourth-order valence-electron chi connectivity index (χ4n) is 4.53. The highest BCUT2D eigenvalue weighted by Gasteiger charge is 2.32. The number of nitrogens with zero attached hydrogens (tertiary/aromatic N) is 3. The SMILES string of the molecule is CN(C)c1nc(NC2CCC(NC(=O)CCc3ccc(Br)cc3OC(F)(F)F)CC2)nc2ccccc12.Cl. The fraction of sp³-hybridized carbons (Fsp3) is 0.423. The number of halogens is 5. The van der Waals surface area contributed by atoms with Crippen LogP contribution in [-0.4, -0.2) is 48.4 Å². The summed E-state index contributed by atoms with van der Waals surface area (Å²) in [5.41, 5.74) is 1.20. The van der Waals surface area contributed by atoms with E-state index in [0.29, 0.717) is 16.0 Å². The lowest BCUT2D eigenvalue weighted by Crippen LogP contribution is -2.40. The summed E-state index contributed by atoms with van der Waals surface area (Å²) in [7, 11) is 3.90. The molecule has 1 saturated carbocycles. The highest BCUT2D eigenvalue weighted by atomic mass is 79.9. The number of rotatable bonds is 8. The second kappa shape index (κ2) is 12.8. The number of aryl methyl sites for hydroxylation is 1. The first-order valence-corrected chi connectivity index (χ1v) is 12.9. The maximum absolute atomic E-state index is 12.7. The van der Waals surface area contributed by atoms with Gasteiger partial charge >= 0.3 is 6.36 Å². The van der Waals surface area contributed by atoms with Crippen molar-refractivity contribution >= 4 is 56.9 Å². The van der Waals surface area contributed by atoms with E-state index >= 15 is 0 Å². The van der Waals surface area contributed by atoms with Gasteiger partial charge in [-0.15, -0.1) is 25.6 Å². The predicted molar refractivity (Wildman–Crippen MR) is 148 cm³/mol. The first-order valence-electron chi connectivity index (χ1n) is 12.1. The number of amides is 1. The second-order valence-corrected chi connectivity index (χ2v) is 10.3. The number of alkyl halides is 3. The highest BCUT2D eigenvalue weighted by Crippen LogP contribution is 2.30. The molecule has 0 atom stereocenters. The molecular weight excluding hydrogens is 587 g/mol. The van der Waals surface area contributed by atoms with Gasteiger partial charge in [-0.3, -0.25) is 4.79 Å². The van der Waals surface area contributed by atoms with Gasteiger partial charge in [0.05, 0.1) is 5.52 Å². The third-order valence-corrected chi connectivity index (χ3v) is 6.80. The third kappa shape index (κ3) is 8.10. The zero-order chi connectivity index (χ0) is 26.6. The molecule has 12 heteroatoms. The molecular formula is C26H30BrClF3N5O2. The van der Waals surface area contributed by atoms with E-state index in [-0.39, 0.29) is 49.0 Å². The number of para-hydroxylation sites is 1. The van der Waals surface area contributed by atoms with E-state index in [2.05, 4.69) is 36.3 Å². The third-order valence-electron chi connectivity index (χ3n) is 6.31. The minimum atomic E-state index is -4.80. The molecule has 4 rings (SSSR count). The zero-order valence-electron chi connectivity index (χ0n) is 21.0. The van der Waals surface area contributed by atoms with Crippen LogP contribution in [0.5, 0.6) is 5.75 Å². The smallest absolute Gasteiger partial charge is 0.405 e. The van der Waals surface area contributed by atoms with Gasteiger partial charge in [0.1, 0.15) is 11.6 Å². The molecule has 206 valence electrons. The van der Waals surface area contributed by atoms with Crippen molar-refractivity contribution in [3.63, 3.8) is 0 Å². The van der Waals surface area contributed by atoms with Gasteiger partial charge in [-0.05, 0) is 61.9 Å². The maximum Gasteiger partial charge on any atom is 0.573 e. The lowest BCUT2D eigenvalue weighted by atomic mass is 9.91. The fourth-order valence-corrected chi connectivity index (χ4v) is 4.87. The largest absolute Gasteiger partial charge is 0.573 e. The number of hydrogen-bond donors (Lipinski definition) is 2. The number of fused-ring (bicyclic) bond motifs is 1. The van der Waals surface area contributed by atoms with Crippen molar-refractivity contribution in [1.82, 2.24) is 15.3 Å². The van der Waals surface area contributed by atoms with Crippen LogP contribution >= 0.6 is 28.3 Å². The second-order valence-electron chi connectivity index (χ2n) is 9.34. The molecule has 3 aromatic rings. The van der Waals surface area contributed by atoms with Gasteiger partial charge in [0.15, 0.2) is 0 Å². The van der Waals surface area contributed by atoms with Crippen molar-refractivity contribution < 1.29 is 22.7 Å². The van der Waals surface area contributed by atoms with Crippen LogP contribution in [0.1, 0.15) is 37.7 Å². The molecule has 1 aromatic heterocycles. The van der Waals surface area contributed by atoms with E-state index in [0.717, 1.165) is 42.4 Å². The molecule has 1 fully saturated rings. The number of carbonyl (C=O) groups is 1. The average Bonchev–Trinajstić information content (AvgIpc) is 2.83. The highest BCUT2D eigenvalue weighted by molar-refractivity contribution is 9.10. The number of carbonyl (C=O) groups excluding carboxylic acids is 1. The van der Waals surface area contributed by atoms with E-state index in [1.54, 1.807) is 6.07 Å². The molecule has 0 unspecified atom stereocenters. The number of benzene rings is 2. The van der Waals surface area contributed by atoms with Crippen molar-refractivity contribution in [1.29, 1.82) is 0 Å². The molecule has 2 aromatic carbocycles. The Morgan fingerprint density at radius 2 is 1.76 bits per heavy atom. The Morgan fingerprint density at radius 3 is 2.45 bits per heavy atom. The van der Waals surface area contributed by atoms with Crippen LogP contribution in [0.2, 0.25) is 0 Å². The number of aromatic nitrogens is 2. The number of anilines is 2. The number of hydrogen-bond acceptors (Lipinski definition) is 6. The van der Waals surface area contributed by atoms with Gasteiger partial charge in [0.2, 0.25) is 11.9 Å². The summed E-state index contributed by atoms with van der Waals surface area (Å²) in [5.74, 6) is 0.949. The summed E-state index contributed by atoms with van der Waals surface area (Å²) >= 11 is 3.15. The summed E-state index contributed by atoms with van der Waals surface area (Å²) in [4.78, 5) is 23.9. The zero-order valence-corrected chi connectivity index (χ0v) is 23.4. The predicted octanol–water partition coefficient (Wildman–Crippen LogP) is 6.25. The molecule has 2 N–H and O–H groups in total. The Hall–Kier alpha value is -2.79.